The monoisotopic (exact) mass is 360 g/mol. The molecule has 1 aromatic heterocycles. The first-order valence-electron chi connectivity index (χ1n) is 8.61. The number of carbonyl (C=O) groups is 1. The average molecular weight is 360 g/mol. The Morgan fingerprint density at radius 1 is 1.24 bits per heavy atom. The van der Waals surface area contributed by atoms with Crippen molar-refractivity contribution in [1.29, 1.82) is 0 Å². The Kier molecular flexibility index (Phi) is 5.06. The number of hydrogen-bond donors (Lipinski definition) is 1. The number of fused-ring (bicyclic) bond motifs is 1. The van der Waals surface area contributed by atoms with Gasteiger partial charge in [-0.2, -0.15) is 0 Å². The number of H-pyrrole nitrogens is 1. The third-order valence-electron chi connectivity index (χ3n) is 4.63. The van der Waals surface area contributed by atoms with Crippen LogP contribution in [0.25, 0.3) is 10.9 Å². The third-order valence-corrected chi connectivity index (χ3v) is 5.01. The van der Waals surface area contributed by atoms with Gasteiger partial charge in [-0.05, 0) is 36.3 Å². The molecule has 0 spiro atoms. The van der Waals surface area contributed by atoms with Gasteiger partial charge >= 0.3 is 0 Å². The van der Waals surface area contributed by atoms with Crippen LogP contribution < -0.4 is 5.56 Å². The quantitative estimate of drug-likeness (QED) is 0.851. The van der Waals surface area contributed by atoms with E-state index in [-0.39, 0.29) is 11.5 Å². The fourth-order valence-corrected chi connectivity index (χ4v) is 3.46. The number of aromatic amines is 1. The SMILES string of the molecule is CC(C)CN1CCN(C(=O)c2ccc3c(=O)n(C)c(=S)[nH]c3c2)CC1. The molecule has 0 unspecified atom stereocenters. The van der Waals surface area contributed by atoms with Crippen LogP contribution in [0.2, 0.25) is 0 Å². The fourth-order valence-electron chi connectivity index (χ4n) is 3.27. The van der Waals surface area contributed by atoms with E-state index in [2.05, 4.69) is 23.7 Å². The van der Waals surface area contributed by atoms with Crippen LogP contribution in [-0.2, 0) is 7.05 Å². The molecule has 1 saturated heterocycles. The summed E-state index contributed by atoms with van der Waals surface area (Å²) in [7, 11) is 1.64. The second-order valence-corrected chi connectivity index (χ2v) is 7.43. The average Bonchev–Trinajstić information content (AvgIpc) is 2.59. The molecular formula is C18H24N4O2S. The van der Waals surface area contributed by atoms with Crippen molar-refractivity contribution in [2.75, 3.05) is 32.7 Å². The normalized spacial score (nSPS) is 15.9. The van der Waals surface area contributed by atoms with Crippen molar-refractivity contribution in [2.45, 2.75) is 13.8 Å². The van der Waals surface area contributed by atoms with Gasteiger partial charge in [-0.3, -0.25) is 19.1 Å². The standard InChI is InChI=1S/C18H24N4O2S/c1-12(2)11-21-6-8-22(9-7-21)16(23)13-4-5-14-15(10-13)19-18(25)20(3)17(14)24/h4-5,10,12H,6-9,11H2,1-3H3,(H,19,25). The van der Waals surface area contributed by atoms with E-state index in [9.17, 15) is 9.59 Å². The van der Waals surface area contributed by atoms with Gasteiger partial charge in [-0.1, -0.05) is 13.8 Å². The third kappa shape index (κ3) is 3.67. The molecule has 1 aromatic carbocycles. The molecule has 0 bridgehead atoms. The van der Waals surface area contributed by atoms with Crippen LogP contribution in [-0.4, -0.2) is 58.0 Å². The van der Waals surface area contributed by atoms with Gasteiger partial charge in [0.05, 0.1) is 10.9 Å². The highest BCUT2D eigenvalue weighted by molar-refractivity contribution is 7.71. The van der Waals surface area contributed by atoms with Crippen molar-refractivity contribution in [3.05, 3.63) is 38.9 Å². The van der Waals surface area contributed by atoms with Crippen molar-refractivity contribution in [3.63, 3.8) is 0 Å². The summed E-state index contributed by atoms with van der Waals surface area (Å²) >= 11 is 5.16. The molecule has 6 nitrogen and oxygen atoms in total. The molecule has 3 rings (SSSR count). The number of rotatable bonds is 3. The van der Waals surface area contributed by atoms with Crippen molar-refractivity contribution < 1.29 is 4.79 Å². The molecule has 1 aliphatic rings. The Morgan fingerprint density at radius 3 is 2.56 bits per heavy atom. The summed E-state index contributed by atoms with van der Waals surface area (Å²) in [6, 6.07) is 5.16. The number of nitrogens with one attached hydrogen (secondary N) is 1. The summed E-state index contributed by atoms with van der Waals surface area (Å²) in [5.41, 5.74) is 1.04. The van der Waals surface area contributed by atoms with Crippen LogP contribution in [0.3, 0.4) is 0 Å². The molecule has 7 heteroatoms. The van der Waals surface area contributed by atoms with E-state index in [4.69, 9.17) is 12.2 Å². The highest BCUT2D eigenvalue weighted by atomic mass is 32.1. The molecule has 134 valence electrons. The van der Waals surface area contributed by atoms with Crippen LogP contribution in [0.15, 0.2) is 23.0 Å². The molecule has 2 heterocycles. The molecule has 25 heavy (non-hydrogen) atoms. The van der Waals surface area contributed by atoms with Gasteiger partial charge in [0.25, 0.3) is 11.5 Å². The Bertz CT molecular complexity index is 907. The van der Waals surface area contributed by atoms with Gasteiger partial charge in [-0.15, -0.1) is 0 Å². The predicted octanol–water partition coefficient (Wildman–Crippen LogP) is 2.01. The first kappa shape index (κ1) is 17.8. The summed E-state index contributed by atoms with van der Waals surface area (Å²) in [5, 5.41) is 0.536. The Morgan fingerprint density at radius 2 is 1.92 bits per heavy atom. The number of carbonyl (C=O) groups excluding carboxylic acids is 1. The lowest BCUT2D eigenvalue weighted by molar-refractivity contribution is 0.0624. The molecule has 2 aromatic rings. The number of nitrogens with zero attached hydrogens (tertiary/aromatic N) is 3. The van der Waals surface area contributed by atoms with Crippen LogP contribution >= 0.6 is 12.2 Å². The molecular weight excluding hydrogens is 336 g/mol. The van der Waals surface area contributed by atoms with E-state index >= 15 is 0 Å². The number of benzene rings is 1. The number of piperazine rings is 1. The Labute approximate surface area is 152 Å². The summed E-state index contributed by atoms with van der Waals surface area (Å²) < 4.78 is 1.75. The van der Waals surface area contributed by atoms with Crippen molar-refractivity contribution >= 4 is 29.0 Å². The first-order valence-corrected chi connectivity index (χ1v) is 9.02. The van der Waals surface area contributed by atoms with Crippen molar-refractivity contribution in [2.24, 2.45) is 13.0 Å². The maximum Gasteiger partial charge on any atom is 0.261 e. The van der Waals surface area contributed by atoms with Crippen LogP contribution in [0.4, 0.5) is 0 Å². The number of aromatic nitrogens is 2. The molecule has 0 saturated carbocycles. The molecule has 1 N–H and O–H groups in total. The number of hydrogen-bond acceptors (Lipinski definition) is 4. The van der Waals surface area contributed by atoms with E-state index < -0.39 is 0 Å². The van der Waals surface area contributed by atoms with E-state index in [1.807, 2.05) is 4.90 Å². The molecule has 0 aliphatic carbocycles. The largest absolute Gasteiger partial charge is 0.336 e. The van der Waals surface area contributed by atoms with Crippen LogP contribution in [0.5, 0.6) is 0 Å². The molecule has 0 radical (unpaired) electrons. The van der Waals surface area contributed by atoms with Crippen LogP contribution in [0.1, 0.15) is 24.2 Å². The van der Waals surface area contributed by atoms with Crippen LogP contribution in [0, 0.1) is 10.7 Å². The maximum absolute atomic E-state index is 12.8. The Hall–Kier alpha value is -1.99. The molecule has 1 aliphatic heterocycles. The molecule has 0 atom stereocenters. The molecule has 1 fully saturated rings. The van der Waals surface area contributed by atoms with Gasteiger partial charge in [0.15, 0.2) is 4.77 Å². The minimum Gasteiger partial charge on any atom is -0.336 e. The van der Waals surface area contributed by atoms with E-state index in [0.717, 1.165) is 32.7 Å². The lowest BCUT2D eigenvalue weighted by Crippen LogP contribution is -2.49. The summed E-state index contributed by atoms with van der Waals surface area (Å²) in [6.45, 7) is 8.76. The zero-order chi connectivity index (χ0) is 18.1. The maximum atomic E-state index is 12.8. The number of amides is 1. The second kappa shape index (κ2) is 7.09. The van der Waals surface area contributed by atoms with E-state index in [1.54, 1.807) is 25.2 Å². The van der Waals surface area contributed by atoms with Crippen molar-refractivity contribution in [1.82, 2.24) is 19.4 Å². The zero-order valence-corrected chi connectivity index (χ0v) is 15.7. The topological polar surface area (TPSA) is 61.3 Å². The minimum atomic E-state index is -0.153. The highest BCUT2D eigenvalue weighted by Gasteiger charge is 2.22. The van der Waals surface area contributed by atoms with Crippen molar-refractivity contribution in [3.8, 4) is 0 Å². The van der Waals surface area contributed by atoms with Gasteiger partial charge in [-0.25, -0.2) is 0 Å². The fraction of sp³-hybridized carbons (Fsp3) is 0.500. The molecule has 1 amide bonds. The smallest absolute Gasteiger partial charge is 0.261 e. The van der Waals surface area contributed by atoms with Gasteiger partial charge in [0.1, 0.15) is 0 Å². The Balaban J connectivity index is 1.80. The first-order chi connectivity index (χ1) is 11.9. The minimum absolute atomic E-state index is 0.00564. The highest BCUT2D eigenvalue weighted by Crippen LogP contribution is 2.14. The predicted molar refractivity (Wildman–Crippen MR) is 102 cm³/mol. The van der Waals surface area contributed by atoms with Gasteiger partial charge in [0, 0.05) is 45.3 Å². The summed E-state index contributed by atoms with van der Waals surface area (Å²) in [4.78, 5) is 32.3. The summed E-state index contributed by atoms with van der Waals surface area (Å²) in [6.07, 6.45) is 0. The lowest BCUT2D eigenvalue weighted by Gasteiger charge is -2.35. The second-order valence-electron chi connectivity index (χ2n) is 7.04. The zero-order valence-electron chi connectivity index (χ0n) is 14.9. The summed E-state index contributed by atoms with van der Waals surface area (Å²) in [5.74, 6) is 0.638. The lowest BCUT2D eigenvalue weighted by atomic mass is 10.1. The van der Waals surface area contributed by atoms with Gasteiger partial charge in [0.2, 0.25) is 0 Å². The van der Waals surface area contributed by atoms with E-state index in [1.165, 1.54) is 4.57 Å². The van der Waals surface area contributed by atoms with E-state index in [0.29, 0.717) is 27.2 Å². The van der Waals surface area contributed by atoms with Gasteiger partial charge < -0.3 is 9.88 Å².